The molecule has 36 heavy (non-hydrogen) atoms. The Morgan fingerprint density at radius 2 is 1.97 bits per heavy atom. The molecular formula is C23H28ClFN6O4S. The Morgan fingerprint density at radius 3 is 2.61 bits per heavy atom. The lowest BCUT2D eigenvalue weighted by atomic mass is 10.0. The maximum Gasteiger partial charge on any atom is 0.305 e. The van der Waals surface area contributed by atoms with Crippen molar-refractivity contribution >= 4 is 39.2 Å². The molecule has 3 rings (SSSR count). The first kappa shape index (κ1) is 27.3. The first-order valence-corrected chi connectivity index (χ1v) is 13.3. The molecular weight excluding hydrogens is 511 g/mol. The van der Waals surface area contributed by atoms with E-state index >= 15 is 4.39 Å². The van der Waals surface area contributed by atoms with Crippen LogP contribution in [0.3, 0.4) is 0 Å². The number of esters is 1. The first-order chi connectivity index (χ1) is 16.9. The molecule has 0 amide bonds. The van der Waals surface area contributed by atoms with Gasteiger partial charge in [-0.3, -0.25) is 14.2 Å². The van der Waals surface area contributed by atoms with Gasteiger partial charge in [-0.2, -0.15) is 5.10 Å². The average molecular weight is 539 g/mol. The fraction of sp³-hybridized carbons (Fsp3) is 0.391. The number of rotatable bonds is 10. The number of carbonyl (C=O) groups excluding carboxylic acids is 1. The molecule has 10 nitrogen and oxygen atoms in total. The average Bonchev–Trinajstić information content (AvgIpc) is 3.25. The van der Waals surface area contributed by atoms with E-state index in [0.717, 1.165) is 6.26 Å². The quantitative estimate of drug-likeness (QED) is 0.364. The van der Waals surface area contributed by atoms with Gasteiger partial charge in [0.25, 0.3) is 0 Å². The van der Waals surface area contributed by atoms with Gasteiger partial charge in [0.15, 0.2) is 5.82 Å². The zero-order valence-corrected chi connectivity index (χ0v) is 22.1. The number of halogens is 2. The molecule has 0 saturated heterocycles. The van der Waals surface area contributed by atoms with Crippen molar-refractivity contribution < 1.29 is 22.3 Å². The van der Waals surface area contributed by atoms with Crippen LogP contribution in [0.5, 0.6) is 0 Å². The van der Waals surface area contributed by atoms with Gasteiger partial charge >= 0.3 is 5.97 Å². The predicted molar refractivity (Wildman–Crippen MR) is 137 cm³/mol. The van der Waals surface area contributed by atoms with Crippen molar-refractivity contribution in [3.05, 3.63) is 41.4 Å². The fourth-order valence-corrected chi connectivity index (χ4v) is 4.14. The largest absolute Gasteiger partial charge is 0.469 e. The summed E-state index contributed by atoms with van der Waals surface area (Å²) in [7, 11) is -2.41. The third-order valence-corrected chi connectivity index (χ3v) is 5.94. The van der Waals surface area contributed by atoms with Gasteiger partial charge in [0, 0.05) is 47.6 Å². The number of benzene rings is 1. The molecule has 2 heterocycles. The summed E-state index contributed by atoms with van der Waals surface area (Å²) >= 11 is 6.21. The molecule has 2 aromatic heterocycles. The van der Waals surface area contributed by atoms with E-state index < -0.39 is 15.8 Å². The van der Waals surface area contributed by atoms with Gasteiger partial charge in [-0.1, -0.05) is 18.5 Å². The highest BCUT2D eigenvalue weighted by Gasteiger charge is 2.22. The molecule has 0 aliphatic heterocycles. The molecule has 0 aliphatic rings. The van der Waals surface area contributed by atoms with Gasteiger partial charge in [0.05, 0.1) is 24.7 Å². The molecule has 2 N–H and O–H groups in total. The minimum absolute atomic E-state index is 0.0165. The minimum Gasteiger partial charge on any atom is -0.469 e. The van der Waals surface area contributed by atoms with Crippen molar-refractivity contribution in [3.63, 3.8) is 0 Å². The predicted octanol–water partition coefficient (Wildman–Crippen LogP) is 4.36. The maximum absolute atomic E-state index is 15.5. The molecule has 1 aromatic carbocycles. The second-order valence-electron chi connectivity index (χ2n) is 8.69. The van der Waals surface area contributed by atoms with Crippen molar-refractivity contribution in [3.8, 4) is 22.5 Å². The summed E-state index contributed by atoms with van der Waals surface area (Å²) < 4.78 is 47.4. The summed E-state index contributed by atoms with van der Waals surface area (Å²) in [6.45, 7) is 6.16. The van der Waals surface area contributed by atoms with Crippen molar-refractivity contribution in [1.82, 2.24) is 19.7 Å². The van der Waals surface area contributed by atoms with Gasteiger partial charge in [0.2, 0.25) is 16.0 Å². The lowest BCUT2D eigenvalue weighted by molar-refractivity contribution is -0.141. The summed E-state index contributed by atoms with van der Waals surface area (Å²) in [4.78, 5) is 20.3. The summed E-state index contributed by atoms with van der Waals surface area (Å²) in [6.07, 6.45) is 4.45. The Morgan fingerprint density at radius 1 is 1.25 bits per heavy atom. The van der Waals surface area contributed by atoms with Crippen LogP contribution in [-0.4, -0.2) is 54.0 Å². The Balaban J connectivity index is 2.03. The molecule has 0 spiro atoms. The van der Waals surface area contributed by atoms with Crippen molar-refractivity contribution in [1.29, 1.82) is 0 Å². The third kappa shape index (κ3) is 6.91. The van der Waals surface area contributed by atoms with Gasteiger partial charge in [0.1, 0.15) is 5.69 Å². The molecule has 3 aromatic rings. The van der Waals surface area contributed by atoms with E-state index in [0.29, 0.717) is 23.8 Å². The van der Waals surface area contributed by atoms with Crippen molar-refractivity contribution in [2.45, 2.75) is 33.2 Å². The molecule has 0 unspecified atom stereocenters. The molecule has 0 saturated carbocycles. The number of ether oxygens (including phenoxy) is 1. The highest BCUT2D eigenvalue weighted by Crippen LogP contribution is 2.37. The van der Waals surface area contributed by atoms with E-state index in [9.17, 15) is 13.2 Å². The number of hydrogen-bond donors (Lipinski definition) is 2. The molecule has 1 atom stereocenters. The van der Waals surface area contributed by atoms with E-state index in [-0.39, 0.29) is 46.3 Å². The topological polar surface area (TPSA) is 128 Å². The van der Waals surface area contributed by atoms with Crippen LogP contribution in [0, 0.1) is 11.7 Å². The van der Waals surface area contributed by atoms with Crippen molar-refractivity contribution in [2.75, 3.05) is 29.9 Å². The normalized spacial score (nSPS) is 12.4. The first-order valence-electron chi connectivity index (χ1n) is 11.1. The summed E-state index contributed by atoms with van der Waals surface area (Å²) in [6, 6.07) is 4.19. The Hall–Kier alpha value is -3.25. The number of anilines is 2. The van der Waals surface area contributed by atoms with E-state index in [4.69, 9.17) is 16.3 Å². The highest BCUT2D eigenvalue weighted by atomic mass is 35.5. The molecule has 0 aliphatic carbocycles. The molecule has 0 bridgehead atoms. The van der Waals surface area contributed by atoms with Crippen LogP contribution in [0.1, 0.15) is 33.2 Å². The van der Waals surface area contributed by atoms with E-state index in [1.54, 1.807) is 23.1 Å². The van der Waals surface area contributed by atoms with Crippen LogP contribution in [-0.2, 0) is 19.6 Å². The number of hydrogen-bond acceptors (Lipinski definition) is 8. The molecule has 0 radical (unpaired) electrons. The standard InChI is InChI=1S/C23H28ClFN6O4S/c1-13(2)31-12-17(18-6-7-26-23(28-18)27-11-14(3)8-20(32)35-4)22(29-31)16-9-15(24)10-19(21(16)25)30-36(5,33)34/h6-7,9-10,12-14,30H,8,11H2,1-5H3,(H,26,27,28)/t14-/m1/s1. The van der Waals surface area contributed by atoms with Gasteiger partial charge in [-0.05, 0) is 38.0 Å². The molecule has 0 fully saturated rings. The van der Waals surface area contributed by atoms with Gasteiger partial charge in [-0.25, -0.2) is 22.8 Å². The smallest absolute Gasteiger partial charge is 0.305 e. The number of nitrogens with zero attached hydrogens (tertiary/aromatic N) is 4. The van der Waals surface area contributed by atoms with Crippen LogP contribution in [0.15, 0.2) is 30.6 Å². The zero-order chi connectivity index (χ0) is 26.6. The minimum atomic E-state index is -3.75. The molecule has 13 heteroatoms. The van der Waals surface area contributed by atoms with Crippen LogP contribution < -0.4 is 10.0 Å². The van der Waals surface area contributed by atoms with E-state index in [2.05, 4.69) is 25.1 Å². The van der Waals surface area contributed by atoms with Crippen LogP contribution in [0.25, 0.3) is 22.5 Å². The second kappa shape index (κ2) is 11.2. The van der Waals surface area contributed by atoms with E-state index in [1.165, 1.54) is 19.2 Å². The van der Waals surface area contributed by atoms with E-state index in [1.807, 2.05) is 20.8 Å². The highest BCUT2D eigenvalue weighted by molar-refractivity contribution is 7.92. The fourth-order valence-electron chi connectivity index (χ4n) is 3.38. The SMILES string of the molecule is COC(=O)C[C@@H](C)CNc1nccc(-c2cn(C(C)C)nc2-c2cc(Cl)cc(NS(C)(=O)=O)c2F)n1. The summed E-state index contributed by atoms with van der Waals surface area (Å²) in [5, 5.41) is 7.78. The lowest BCUT2D eigenvalue weighted by Crippen LogP contribution is -2.17. The zero-order valence-electron chi connectivity index (χ0n) is 20.5. The Kier molecular flexibility index (Phi) is 8.51. The van der Waals surface area contributed by atoms with Crippen molar-refractivity contribution in [2.24, 2.45) is 5.92 Å². The Labute approximate surface area is 214 Å². The maximum atomic E-state index is 15.5. The number of methoxy groups -OCH3 is 1. The third-order valence-electron chi connectivity index (χ3n) is 5.13. The van der Waals surface area contributed by atoms with Gasteiger partial charge < -0.3 is 10.1 Å². The summed E-state index contributed by atoms with van der Waals surface area (Å²) in [5.74, 6) is -0.828. The van der Waals surface area contributed by atoms with Crippen LogP contribution in [0.2, 0.25) is 5.02 Å². The lowest BCUT2D eigenvalue weighted by Gasteiger charge is -2.12. The monoisotopic (exact) mass is 538 g/mol. The number of aromatic nitrogens is 4. The second-order valence-corrected chi connectivity index (χ2v) is 10.9. The number of nitrogens with one attached hydrogen (secondary N) is 2. The van der Waals surface area contributed by atoms with Crippen LogP contribution >= 0.6 is 11.6 Å². The number of carbonyl (C=O) groups is 1. The number of sulfonamides is 1. The van der Waals surface area contributed by atoms with Crippen LogP contribution in [0.4, 0.5) is 16.0 Å². The molecule has 194 valence electrons. The summed E-state index contributed by atoms with van der Waals surface area (Å²) in [5.41, 5.74) is 0.941. The Bertz CT molecular complexity index is 1360. The van der Waals surface area contributed by atoms with Gasteiger partial charge in [-0.15, -0.1) is 0 Å².